The van der Waals surface area contributed by atoms with E-state index in [1.165, 1.54) is 6.07 Å². The van der Waals surface area contributed by atoms with E-state index in [1.807, 2.05) is 0 Å². The van der Waals surface area contributed by atoms with Crippen molar-refractivity contribution in [1.82, 2.24) is 4.98 Å². The van der Waals surface area contributed by atoms with Gasteiger partial charge in [-0.1, -0.05) is 12.2 Å². The highest BCUT2D eigenvalue weighted by Gasteiger charge is 2.03. The molecule has 1 aromatic carbocycles. The molecule has 3 N–H and O–H groups in total. The number of aromatic nitrogens is 1. The first-order valence-corrected chi connectivity index (χ1v) is 6.24. The largest absolute Gasteiger partial charge is 0.388 e. The Morgan fingerprint density at radius 2 is 2.00 bits per heavy atom. The number of rotatable bonds is 3. The molecule has 3 nitrogen and oxygen atoms in total. The second-order valence-electron chi connectivity index (χ2n) is 3.55. The molecule has 2 rings (SSSR count). The van der Waals surface area contributed by atoms with Crippen molar-refractivity contribution >= 4 is 44.5 Å². The standard InChI is InChI=1S/C12H9BrFN3S/c13-9-5-7(1-2-10(9)14)17-8-3-4-16-11(6-8)12(15)18/h1-6H,(H2,15,18)(H,16,17). The van der Waals surface area contributed by atoms with Crippen molar-refractivity contribution < 1.29 is 4.39 Å². The third-order valence-corrected chi connectivity index (χ3v) is 3.04. The van der Waals surface area contributed by atoms with Crippen LogP contribution in [0.5, 0.6) is 0 Å². The van der Waals surface area contributed by atoms with E-state index < -0.39 is 0 Å². The molecule has 1 heterocycles. The Hall–Kier alpha value is -1.53. The van der Waals surface area contributed by atoms with Crippen LogP contribution in [0.3, 0.4) is 0 Å². The van der Waals surface area contributed by atoms with Gasteiger partial charge in [-0.05, 0) is 46.3 Å². The molecule has 0 atom stereocenters. The monoisotopic (exact) mass is 325 g/mol. The summed E-state index contributed by atoms with van der Waals surface area (Å²) in [6, 6.07) is 8.18. The topological polar surface area (TPSA) is 50.9 Å². The number of benzene rings is 1. The highest BCUT2D eigenvalue weighted by molar-refractivity contribution is 9.10. The van der Waals surface area contributed by atoms with Crippen molar-refractivity contribution in [2.24, 2.45) is 5.73 Å². The first kappa shape index (κ1) is 12.9. The molecular weight excluding hydrogens is 317 g/mol. The second-order valence-corrected chi connectivity index (χ2v) is 4.84. The normalized spacial score (nSPS) is 10.1. The molecule has 0 spiro atoms. The molecule has 0 aliphatic carbocycles. The van der Waals surface area contributed by atoms with Gasteiger partial charge in [-0.2, -0.15) is 0 Å². The van der Waals surface area contributed by atoms with E-state index in [2.05, 4.69) is 26.2 Å². The molecule has 0 saturated heterocycles. The molecular formula is C12H9BrFN3S. The fourth-order valence-electron chi connectivity index (χ4n) is 1.38. The fourth-order valence-corrected chi connectivity index (χ4v) is 1.87. The van der Waals surface area contributed by atoms with Crippen molar-refractivity contribution in [3.8, 4) is 0 Å². The molecule has 18 heavy (non-hydrogen) atoms. The third-order valence-electron chi connectivity index (χ3n) is 2.22. The fraction of sp³-hybridized carbons (Fsp3) is 0. The summed E-state index contributed by atoms with van der Waals surface area (Å²) in [5.74, 6) is -0.306. The average molecular weight is 326 g/mol. The Morgan fingerprint density at radius 3 is 2.67 bits per heavy atom. The average Bonchev–Trinajstić information content (AvgIpc) is 2.34. The number of nitrogens with zero attached hydrogens (tertiary/aromatic N) is 1. The number of nitrogens with two attached hydrogens (primary N) is 1. The van der Waals surface area contributed by atoms with Crippen LogP contribution in [0.15, 0.2) is 41.0 Å². The minimum Gasteiger partial charge on any atom is -0.388 e. The van der Waals surface area contributed by atoms with Crippen molar-refractivity contribution in [3.05, 3.63) is 52.5 Å². The van der Waals surface area contributed by atoms with E-state index in [-0.39, 0.29) is 10.8 Å². The van der Waals surface area contributed by atoms with Gasteiger partial charge < -0.3 is 11.1 Å². The van der Waals surface area contributed by atoms with Crippen LogP contribution < -0.4 is 11.1 Å². The van der Waals surface area contributed by atoms with Crippen LogP contribution in [0, 0.1) is 5.82 Å². The molecule has 0 amide bonds. The van der Waals surface area contributed by atoms with Gasteiger partial charge in [0, 0.05) is 17.6 Å². The van der Waals surface area contributed by atoms with Gasteiger partial charge in [0.05, 0.1) is 10.2 Å². The molecule has 1 aromatic heterocycles. The van der Waals surface area contributed by atoms with Crippen molar-refractivity contribution in [2.75, 3.05) is 5.32 Å². The second kappa shape index (κ2) is 5.41. The molecule has 0 bridgehead atoms. The number of thiocarbonyl (C=S) groups is 1. The van der Waals surface area contributed by atoms with E-state index >= 15 is 0 Å². The van der Waals surface area contributed by atoms with Gasteiger partial charge in [0.15, 0.2) is 0 Å². The molecule has 92 valence electrons. The van der Waals surface area contributed by atoms with Crippen LogP contribution in [0.4, 0.5) is 15.8 Å². The highest BCUT2D eigenvalue weighted by Crippen LogP contribution is 2.23. The van der Waals surface area contributed by atoms with Crippen LogP contribution in [-0.2, 0) is 0 Å². The van der Waals surface area contributed by atoms with Crippen LogP contribution >= 0.6 is 28.1 Å². The number of pyridine rings is 1. The molecule has 0 fully saturated rings. The molecule has 0 saturated carbocycles. The van der Waals surface area contributed by atoms with E-state index in [0.717, 1.165) is 11.4 Å². The lowest BCUT2D eigenvalue weighted by atomic mass is 10.2. The summed E-state index contributed by atoms with van der Waals surface area (Å²) in [5.41, 5.74) is 7.58. The van der Waals surface area contributed by atoms with Gasteiger partial charge >= 0.3 is 0 Å². The van der Waals surface area contributed by atoms with Gasteiger partial charge in [-0.3, -0.25) is 4.98 Å². The first-order valence-electron chi connectivity index (χ1n) is 5.04. The number of hydrogen-bond acceptors (Lipinski definition) is 3. The SMILES string of the molecule is NC(=S)c1cc(Nc2ccc(F)c(Br)c2)ccn1. The smallest absolute Gasteiger partial charge is 0.137 e. The number of anilines is 2. The van der Waals surface area contributed by atoms with Gasteiger partial charge in [0.2, 0.25) is 0 Å². The number of halogens is 2. The van der Waals surface area contributed by atoms with E-state index in [9.17, 15) is 4.39 Å². The number of nitrogens with one attached hydrogen (secondary N) is 1. The Bertz CT molecular complexity index is 604. The Kier molecular flexibility index (Phi) is 3.88. The quantitative estimate of drug-likeness (QED) is 0.849. The molecule has 2 aromatic rings. The van der Waals surface area contributed by atoms with Gasteiger partial charge in [0.25, 0.3) is 0 Å². The van der Waals surface area contributed by atoms with E-state index in [1.54, 1.807) is 30.5 Å². The summed E-state index contributed by atoms with van der Waals surface area (Å²) in [4.78, 5) is 4.27. The molecule has 0 aliphatic rings. The van der Waals surface area contributed by atoms with E-state index in [4.69, 9.17) is 18.0 Å². The summed E-state index contributed by atoms with van der Waals surface area (Å²) >= 11 is 7.98. The molecule has 0 unspecified atom stereocenters. The maximum Gasteiger partial charge on any atom is 0.137 e. The number of hydrogen-bond donors (Lipinski definition) is 2. The predicted molar refractivity (Wildman–Crippen MR) is 77.5 cm³/mol. The summed E-state index contributed by atoms with van der Waals surface area (Å²) in [6.07, 6.45) is 1.61. The lowest BCUT2D eigenvalue weighted by Crippen LogP contribution is -2.11. The first-order chi connectivity index (χ1) is 8.56. The molecule has 0 aliphatic heterocycles. The third kappa shape index (κ3) is 3.02. The zero-order valence-electron chi connectivity index (χ0n) is 9.15. The van der Waals surface area contributed by atoms with Crippen LogP contribution in [0.1, 0.15) is 5.69 Å². The van der Waals surface area contributed by atoms with Gasteiger partial charge in [-0.15, -0.1) is 0 Å². The summed E-state index contributed by atoms with van der Waals surface area (Å²) in [6.45, 7) is 0. The predicted octanol–water partition coefficient (Wildman–Crippen LogP) is 3.36. The Morgan fingerprint density at radius 1 is 1.28 bits per heavy atom. The molecule has 0 radical (unpaired) electrons. The van der Waals surface area contributed by atoms with Crippen LogP contribution in [-0.4, -0.2) is 9.97 Å². The van der Waals surface area contributed by atoms with Crippen LogP contribution in [0.2, 0.25) is 0 Å². The van der Waals surface area contributed by atoms with Crippen molar-refractivity contribution in [2.45, 2.75) is 0 Å². The zero-order chi connectivity index (χ0) is 13.1. The minimum absolute atomic E-state index is 0.235. The summed E-state index contributed by atoms with van der Waals surface area (Å²) < 4.78 is 13.5. The Balaban J connectivity index is 2.25. The Labute approximate surface area is 117 Å². The van der Waals surface area contributed by atoms with Crippen molar-refractivity contribution in [1.29, 1.82) is 0 Å². The maximum absolute atomic E-state index is 13.1. The van der Waals surface area contributed by atoms with Crippen LogP contribution in [0.25, 0.3) is 0 Å². The lowest BCUT2D eigenvalue weighted by molar-refractivity contribution is 0.621. The lowest BCUT2D eigenvalue weighted by Gasteiger charge is -2.08. The highest BCUT2D eigenvalue weighted by atomic mass is 79.9. The summed E-state index contributed by atoms with van der Waals surface area (Å²) in [7, 11) is 0. The minimum atomic E-state index is -0.306. The van der Waals surface area contributed by atoms with Gasteiger partial charge in [0.1, 0.15) is 10.8 Å². The maximum atomic E-state index is 13.1. The summed E-state index contributed by atoms with van der Waals surface area (Å²) in [5, 5.41) is 3.12. The van der Waals surface area contributed by atoms with Crippen molar-refractivity contribution in [3.63, 3.8) is 0 Å². The van der Waals surface area contributed by atoms with Gasteiger partial charge in [-0.25, -0.2) is 4.39 Å². The zero-order valence-corrected chi connectivity index (χ0v) is 11.6. The van der Waals surface area contributed by atoms with E-state index in [0.29, 0.717) is 10.2 Å². The molecule has 6 heteroatoms.